The number of rotatable bonds is 3. The molecule has 0 radical (unpaired) electrons. The molecule has 1 fully saturated rings. The van der Waals surface area contributed by atoms with Crippen molar-refractivity contribution in [2.45, 2.75) is 58.1 Å². The first-order valence-electron chi connectivity index (χ1n) is 5.66. The molecule has 5 nitrogen and oxygen atoms in total. The van der Waals surface area contributed by atoms with Gasteiger partial charge in [0.05, 0.1) is 5.60 Å². The number of hydrogen-bond acceptors (Lipinski definition) is 4. The second-order valence-electron chi connectivity index (χ2n) is 5.14. The summed E-state index contributed by atoms with van der Waals surface area (Å²) in [6, 6.07) is -0.633. The molecule has 16 heavy (non-hydrogen) atoms. The number of carboxylic acids is 1. The lowest BCUT2D eigenvalue weighted by molar-refractivity contribution is -0.253. The molecule has 1 rings (SSSR count). The van der Waals surface area contributed by atoms with Crippen LogP contribution < -0.4 is 0 Å². The number of nitrogens with zero attached hydrogens (tertiary/aromatic N) is 1. The Morgan fingerprint density at radius 2 is 2.06 bits per heavy atom. The van der Waals surface area contributed by atoms with Crippen LogP contribution in [0.5, 0.6) is 0 Å². The van der Waals surface area contributed by atoms with Crippen LogP contribution >= 0.6 is 0 Å². The SMILES string of the molecule is CC(C)(C)OC(O)N1CCCC[C@H]1C(=O)O. The van der Waals surface area contributed by atoms with Gasteiger partial charge in [-0.25, -0.2) is 4.90 Å². The molecule has 1 saturated heterocycles. The lowest BCUT2D eigenvalue weighted by Crippen LogP contribution is -2.52. The number of aliphatic hydroxyl groups is 1. The molecular formula is C11H21NO4. The predicted molar refractivity (Wildman–Crippen MR) is 58.8 cm³/mol. The summed E-state index contributed by atoms with van der Waals surface area (Å²) in [5, 5.41) is 18.9. The van der Waals surface area contributed by atoms with E-state index in [9.17, 15) is 9.90 Å². The maximum Gasteiger partial charge on any atom is 0.321 e. The lowest BCUT2D eigenvalue weighted by Gasteiger charge is -2.38. The molecule has 5 heteroatoms. The van der Waals surface area contributed by atoms with Crippen molar-refractivity contribution in [3.05, 3.63) is 0 Å². The van der Waals surface area contributed by atoms with Gasteiger partial charge in [-0.3, -0.25) is 4.79 Å². The molecule has 0 aliphatic carbocycles. The number of carboxylic acid groups (broad SMARTS) is 1. The number of ether oxygens (including phenoxy) is 1. The second-order valence-corrected chi connectivity index (χ2v) is 5.14. The highest BCUT2D eigenvalue weighted by atomic mass is 16.6. The van der Waals surface area contributed by atoms with Crippen molar-refractivity contribution < 1.29 is 19.7 Å². The maximum absolute atomic E-state index is 11.0. The monoisotopic (exact) mass is 231 g/mol. The predicted octanol–water partition coefficient (Wildman–Crippen LogP) is 1.02. The highest BCUT2D eigenvalue weighted by Crippen LogP contribution is 2.22. The van der Waals surface area contributed by atoms with E-state index < -0.39 is 24.0 Å². The van der Waals surface area contributed by atoms with Crippen molar-refractivity contribution in [1.29, 1.82) is 0 Å². The molecule has 1 heterocycles. The molecule has 1 unspecified atom stereocenters. The first-order chi connectivity index (χ1) is 7.31. The Morgan fingerprint density at radius 1 is 1.44 bits per heavy atom. The first kappa shape index (κ1) is 13.4. The van der Waals surface area contributed by atoms with E-state index in [1.807, 2.05) is 20.8 Å². The third-order valence-electron chi connectivity index (χ3n) is 2.57. The van der Waals surface area contributed by atoms with Gasteiger partial charge < -0.3 is 14.9 Å². The largest absolute Gasteiger partial charge is 0.480 e. The smallest absolute Gasteiger partial charge is 0.321 e. The topological polar surface area (TPSA) is 70.0 Å². The summed E-state index contributed by atoms with van der Waals surface area (Å²) < 4.78 is 5.38. The van der Waals surface area contributed by atoms with Gasteiger partial charge in [-0.15, -0.1) is 0 Å². The van der Waals surface area contributed by atoms with Crippen LogP contribution in [-0.4, -0.2) is 45.7 Å². The fourth-order valence-electron chi connectivity index (χ4n) is 1.87. The van der Waals surface area contributed by atoms with E-state index in [0.717, 1.165) is 12.8 Å². The van der Waals surface area contributed by atoms with E-state index in [4.69, 9.17) is 9.84 Å². The number of piperidine rings is 1. The van der Waals surface area contributed by atoms with Gasteiger partial charge in [-0.2, -0.15) is 0 Å². The van der Waals surface area contributed by atoms with Gasteiger partial charge >= 0.3 is 5.97 Å². The Hall–Kier alpha value is -0.650. The highest BCUT2D eigenvalue weighted by Gasteiger charge is 2.34. The van der Waals surface area contributed by atoms with Gasteiger partial charge in [0.25, 0.3) is 0 Å². The summed E-state index contributed by atoms with van der Waals surface area (Å²) in [6.45, 7) is 6.05. The van der Waals surface area contributed by atoms with Gasteiger partial charge in [0.15, 0.2) is 0 Å². The molecule has 0 amide bonds. The maximum atomic E-state index is 11.0. The summed E-state index contributed by atoms with van der Waals surface area (Å²) in [6.07, 6.45) is 1.21. The Kier molecular flexibility index (Phi) is 4.29. The second kappa shape index (κ2) is 5.12. The minimum Gasteiger partial charge on any atom is -0.480 e. The summed E-state index contributed by atoms with van der Waals surface area (Å²) >= 11 is 0. The normalized spacial score (nSPS) is 25.4. The minimum absolute atomic E-state index is 0.486. The average molecular weight is 231 g/mol. The summed E-state index contributed by atoms with van der Waals surface area (Å²) in [4.78, 5) is 12.5. The van der Waals surface area contributed by atoms with Crippen LogP contribution in [0.4, 0.5) is 0 Å². The molecule has 1 aliphatic heterocycles. The number of hydrogen-bond donors (Lipinski definition) is 2. The third-order valence-corrected chi connectivity index (χ3v) is 2.57. The lowest BCUT2D eigenvalue weighted by atomic mass is 10.0. The van der Waals surface area contributed by atoms with Crippen LogP contribution in [0.3, 0.4) is 0 Å². The van der Waals surface area contributed by atoms with Crippen molar-refractivity contribution in [2.24, 2.45) is 0 Å². The molecule has 0 saturated carbocycles. The van der Waals surface area contributed by atoms with Crippen LogP contribution in [0.25, 0.3) is 0 Å². The van der Waals surface area contributed by atoms with Crippen LogP contribution in [0.2, 0.25) is 0 Å². The zero-order chi connectivity index (χ0) is 12.3. The van der Waals surface area contributed by atoms with Gasteiger partial charge in [0, 0.05) is 6.54 Å². The molecule has 0 bridgehead atoms. The first-order valence-corrected chi connectivity index (χ1v) is 5.66. The van der Waals surface area contributed by atoms with Crippen molar-refractivity contribution in [3.8, 4) is 0 Å². The zero-order valence-electron chi connectivity index (χ0n) is 10.1. The molecule has 0 aromatic rings. The Labute approximate surface area is 96.0 Å². The van der Waals surface area contributed by atoms with Crippen molar-refractivity contribution in [2.75, 3.05) is 6.54 Å². The third kappa shape index (κ3) is 3.73. The van der Waals surface area contributed by atoms with Crippen LogP contribution in [0.15, 0.2) is 0 Å². The minimum atomic E-state index is -1.14. The van der Waals surface area contributed by atoms with Gasteiger partial charge in [0.1, 0.15) is 6.04 Å². The van der Waals surface area contributed by atoms with E-state index >= 15 is 0 Å². The summed E-state index contributed by atoms with van der Waals surface area (Å²) in [5.74, 6) is -0.892. The zero-order valence-corrected chi connectivity index (χ0v) is 10.1. The summed E-state index contributed by atoms with van der Waals surface area (Å²) in [7, 11) is 0. The fourth-order valence-corrected chi connectivity index (χ4v) is 1.87. The van der Waals surface area contributed by atoms with E-state index in [-0.39, 0.29) is 0 Å². The van der Waals surface area contributed by atoms with E-state index in [1.165, 1.54) is 4.90 Å². The van der Waals surface area contributed by atoms with Gasteiger partial charge in [0.2, 0.25) is 6.41 Å². The van der Waals surface area contributed by atoms with E-state index in [0.29, 0.717) is 13.0 Å². The molecule has 0 spiro atoms. The standard InChI is InChI=1S/C11H21NO4/c1-11(2,3)16-10(15)12-7-5-4-6-8(12)9(13)14/h8,10,15H,4-7H2,1-3H3,(H,13,14)/t8-,10?/m0/s1. The number of likely N-dealkylation sites (tertiary alicyclic amines) is 1. The number of aliphatic hydroxyl groups excluding tert-OH is 1. The Morgan fingerprint density at radius 3 is 2.56 bits per heavy atom. The molecule has 1 aliphatic rings. The van der Waals surface area contributed by atoms with Crippen LogP contribution in [0, 0.1) is 0 Å². The molecule has 2 N–H and O–H groups in total. The quantitative estimate of drug-likeness (QED) is 0.710. The van der Waals surface area contributed by atoms with Crippen LogP contribution in [-0.2, 0) is 9.53 Å². The van der Waals surface area contributed by atoms with E-state index in [2.05, 4.69) is 0 Å². The van der Waals surface area contributed by atoms with Crippen molar-refractivity contribution in [3.63, 3.8) is 0 Å². The van der Waals surface area contributed by atoms with Gasteiger partial charge in [-0.1, -0.05) is 6.42 Å². The Bertz CT molecular complexity index is 249. The number of carbonyl (C=O) groups is 1. The average Bonchev–Trinajstić information content (AvgIpc) is 2.15. The number of aliphatic carboxylic acids is 1. The van der Waals surface area contributed by atoms with Crippen LogP contribution in [0.1, 0.15) is 40.0 Å². The van der Waals surface area contributed by atoms with Crippen molar-refractivity contribution >= 4 is 5.97 Å². The molecule has 2 atom stereocenters. The molecule has 0 aromatic carbocycles. The summed E-state index contributed by atoms with van der Waals surface area (Å²) in [5.41, 5.74) is -0.486. The van der Waals surface area contributed by atoms with Gasteiger partial charge in [-0.05, 0) is 33.6 Å². The van der Waals surface area contributed by atoms with E-state index in [1.54, 1.807) is 0 Å². The molecule has 94 valence electrons. The Balaban J connectivity index is 2.64. The molecule has 0 aromatic heterocycles. The molecular weight excluding hydrogens is 210 g/mol. The fraction of sp³-hybridized carbons (Fsp3) is 0.909. The highest BCUT2D eigenvalue weighted by molar-refractivity contribution is 5.73. The van der Waals surface area contributed by atoms with Crippen molar-refractivity contribution in [1.82, 2.24) is 4.90 Å².